The first-order chi connectivity index (χ1) is 7.22. The van der Waals surface area contributed by atoms with E-state index < -0.39 is 6.23 Å². The van der Waals surface area contributed by atoms with Crippen molar-refractivity contribution in [2.75, 3.05) is 6.61 Å². The van der Waals surface area contributed by atoms with Crippen LogP contribution in [0.25, 0.3) is 0 Å². The Morgan fingerprint density at radius 2 is 2.13 bits per heavy atom. The van der Waals surface area contributed by atoms with E-state index in [0.29, 0.717) is 13.0 Å². The maximum Gasteiger partial charge on any atom is 0.237 e. The minimum absolute atomic E-state index is 0.251. The van der Waals surface area contributed by atoms with Crippen LogP contribution in [-0.2, 0) is 16.0 Å². The summed E-state index contributed by atoms with van der Waals surface area (Å²) in [5.74, 6) is -0.251. The molecule has 1 aromatic rings. The first-order valence-corrected chi connectivity index (χ1v) is 4.65. The van der Waals surface area contributed by atoms with Crippen molar-refractivity contribution in [3.05, 3.63) is 35.6 Å². The number of nitrogens with zero attached hydrogens (tertiary/aromatic N) is 1. The predicted octanol–water partition coefficient (Wildman–Crippen LogP) is 2.07. The molecule has 0 aliphatic heterocycles. The van der Waals surface area contributed by atoms with Gasteiger partial charge in [-0.3, -0.25) is 0 Å². The number of hydrogen-bond donors (Lipinski definition) is 0. The average Bonchev–Trinajstić information content (AvgIpc) is 2.21. The summed E-state index contributed by atoms with van der Waals surface area (Å²) in [6.07, 6.45) is 1.62. The maximum atomic E-state index is 12.5. The van der Waals surface area contributed by atoms with Gasteiger partial charge in [-0.05, 0) is 31.0 Å². The highest BCUT2D eigenvalue weighted by Crippen LogP contribution is 2.04. The number of rotatable bonds is 5. The molecule has 0 heterocycles. The number of aliphatic imine (C=N–C) groups is 1. The Balaban J connectivity index is 2.31. The lowest BCUT2D eigenvalue weighted by Crippen LogP contribution is -2.07. The van der Waals surface area contributed by atoms with Gasteiger partial charge in [-0.25, -0.2) is 9.18 Å². The lowest BCUT2D eigenvalue weighted by atomic mass is 10.2. The third-order valence-electron chi connectivity index (χ3n) is 1.90. The van der Waals surface area contributed by atoms with E-state index in [0.717, 1.165) is 5.56 Å². The second-order valence-electron chi connectivity index (χ2n) is 3.07. The van der Waals surface area contributed by atoms with Gasteiger partial charge in [0.2, 0.25) is 6.08 Å². The lowest BCUT2D eigenvalue weighted by Gasteiger charge is -2.06. The van der Waals surface area contributed by atoms with Crippen molar-refractivity contribution >= 4 is 6.08 Å². The van der Waals surface area contributed by atoms with Crippen LogP contribution in [0.15, 0.2) is 29.3 Å². The summed E-state index contributed by atoms with van der Waals surface area (Å²) in [5, 5.41) is 0. The molecule has 0 aliphatic carbocycles. The smallest absolute Gasteiger partial charge is 0.237 e. The fraction of sp³-hybridized carbons (Fsp3) is 0.364. The molecule has 0 spiro atoms. The predicted molar refractivity (Wildman–Crippen MR) is 53.6 cm³/mol. The Morgan fingerprint density at radius 3 is 2.73 bits per heavy atom. The van der Waals surface area contributed by atoms with Gasteiger partial charge in [0.15, 0.2) is 6.23 Å². The van der Waals surface area contributed by atoms with Crippen LogP contribution < -0.4 is 0 Å². The van der Waals surface area contributed by atoms with Crippen LogP contribution in [-0.4, -0.2) is 18.9 Å². The molecule has 0 bridgehead atoms. The number of hydrogen-bond acceptors (Lipinski definition) is 3. The molecule has 0 aliphatic rings. The summed E-state index contributed by atoms with van der Waals surface area (Å²) in [6, 6.07) is 6.21. The number of halogens is 1. The van der Waals surface area contributed by atoms with Gasteiger partial charge in [-0.2, -0.15) is 4.99 Å². The molecular formula is C11H12FNO2. The molecule has 1 unspecified atom stereocenters. The summed E-state index contributed by atoms with van der Waals surface area (Å²) in [6.45, 7) is 2.10. The van der Waals surface area contributed by atoms with Crippen molar-refractivity contribution in [1.29, 1.82) is 0 Å². The van der Waals surface area contributed by atoms with E-state index in [2.05, 4.69) is 4.99 Å². The summed E-state index contributed by atoms with van der Waals surface area (Å²) in [5.41, 5.74) is 0.985. The minimum atomic E-state index is -0.469. The second kappa shape index (κ2) is 6.06. The second-order valence-corrected chi connectivity index (χ2v) is 3.07. The van der Waals surface area contributed by atoms with Crippen molar-refractivity contribution in [3.63, 3.8) is 0 Å². The Morgan fingerprint density at radius 1 is 1.47 bits per heavy atom. The van der Waals surface area contributed by atoms with E-state index in [1.54, 1.807) is 19.1 Å². The molecule has 0 N–H and O–H groups in total. The normalized spacial score (nSPS) is 11.9. The van der Waals surface area contributed by atoms with Crippen molar-refractivity contribution in [1.82, 2.24) is 0 Å². The van der Waals surface area contributed by atoms with Gasteiger partial charge in [0, 0.05) is 0 Å². The maximum absolute atomic E-state index is 12.5. The van der Waals surface area contributed by atoms with Crippen molar-refractivity contribution < 1.29 is 13.9 Å². The zero-order valence-electron chi connectivity index (χ0n) is 8.44. The number of isocyanates is 1. The zero-order chi connectivity index (χ0) is 11.1. The monoisotopic (exact) mass is 209 g/mol. The third kappa shape index (κ3) is 4.49. The summed E-state index contributed by atoms with van der Waals surface area (Å²) in [7, 11) is 0. The van der Waals surface area contributed by atoms with E-state index in [9.17, 15) is 9.18 Å². The molecule has 0 aromatic heterocycles. The number of carbonyl (C=O) groups excluding carboxylic acids is 1. The summed E-state index contributed by atoms with van der Waals surface area (Å²) in [4.78, 5) is 13.3. The van der Waals surface area contributed by atoms with E-state index in [1.165, 1.54) is 18.2 Å². The molecule has 1 aromatic carbocycles. The fourth-order valence-corrected chi connectivity index (χ4v) is 1.11. The molecule has 0 saturated heterocycles. The standard InChI is InChI=1S/C11H12FNO2/c1-9(13-8-14)15-7-6-10-2-4-11(12)5-3-10/h2-5,9H,6-7H2,1H3. The fourth-order valence-electron chi connectivity index (χ4n) is 1.11. The quantitative estimate of drug-likeness (QED) is 0.550. The molecular weight excluding hydrogens is 197 g/mol. The molecule has 15 heavy (non-hydrogen) atoms. The molecule has 0 amide bonds. The first kappa shape index (κ1) is 11.6. The van der Waals surface area contributed by atoms with Crippen molar-refractivity contribution in [2.45, 2.75) is 19.6 Å². The number of ether oxygens (including phenoxy) is 1. The van der Waals surface area contributed by atoms with Gasteiger partial charge in [0.05, 0.1) is 6.61 Å². The van der Waals surface area contributed by atoms with Crippen LogP contribution in [0, 0.1) is 5.82 Å². The highest BCUT2D eigenvalue weighted by Gasteiger charge is 1.99. The highest BCUT2D eigenvalue weighted by atomic mass is 19.1. The molecule has 0 saturated carbocycles. The SMILES string of the molecule is CC(N=C=O)OCCc1ccc(F)cc1. The Hall–Kier alpha value is -1.51. The van der Waals surface area contributed by atoms with Crippen LogP contribution in [0.3, 0.4) is 0 Å². The Labute approximate surface area is 87.6 Å². The van der Waals surface area contributed by atoms with E-state index in [-0.39, 0.29) is 5.82 Å². The molecule has 0 fully saturated rings. The third-order valence-corrected chi connectivity index (χ3v) is 1.90. The Bertz CT molecular complexity index is 344. The van der Waals surface area contributed by atoms with Crippen LogP contribution in [0.1, 0.15) is 12.5 Å². The zero-order valence-corrected chi connectivity index (χ0v) is 8.44. The highest BCUT2D eigenvalue weighted by molar-refractivity contribution is 5.33. The van der Waals surface area contributed by atoms with E-state index in [1.807, 2.05) is 0 Å². The lowest BCUT2D eigenvalue weighted by molar-refractivity contribution is 0.0748. The molecule has 4 heteroatoms. The van der Waals surface area contributed by atoms with Gasteiger partial charge < -0.3 is 4.74 Å². The van der Waals surface area contributed by atoms with E-state index in [4.69, 9.17) is 4.74 Å². The first-order valence-electron chi connectivity index (χ1n) is 4.65. The van der Waals surface area contributed by atoms with Gasteiger partial charge in [-0.1, -0.05) is 12.1 Å². The van der Waals surface area contributed by atoms with Gasteiger partial charge >= 0.3 is 0 Å². The van der Waals surface area contributed by atoms with Crippen molar-refractivity contribution in [2.24, 2.45) is 4.99 Å². The van der Waals surface area contributed by atoms with Crippen LogP contribution in [0.4, 0.5) is 4.39 Å². The molecule has 80 valence electrons. The topological polar surface area (TPSA) is 38.7 Å². The van der Waals surface area contributed by atoms with Crippen LogP contribution in [0.5, 0.6) is 0 Å². The molecule has 3 nitrogen and oxygen atoms in total. The van der Waals surface area contributed by atoms with Crippen LogP contribution >= 0.6 is 0 Å². The van der Waals surface area contributed by atoms with E-state index >= 15 is 0 Å². The molecule has 1 atom stereocenters. The molecule has 1 rings (SSSR count). The average molecular weight is 209 g/mol. The summed E-state index contributed by atoms with van der Waals surface area (Å²) >= 11 is 0. The largest absolute Gasteiger partial charge is 0.356 e. The molecule has 0 radical (unpaired) electrons. The summed E-state index contributed by atoms with van der Waals surface area (Å²) < 4.78 is 17.7. The van der Waals surface area contributed by atoms with Gasteiger partial charge in [-0.15, -0.1) is 0 Å². The Kier molecular flexibility index (Phi) is 4.68. The van der Waals surface area contributed by atoms with Gasteiger partial charge in [0.25, 0.3) is 0 Å². The minimum Gasteiger partial charge on any atom is -0.356 e. The van der Waals surface area contributed by atoms with Crippen molar-refractivity contribution in [3.8, 4) is 0 Å². The number of benzene rings is 1. The van der Waals surface area contributed by atoms with Crippen LogP contribution in [0.2, 0.25) is 0 Å². The van der Waals surface area contributed by atoms with Gasteiger partial charge in [0.1, 0.15) is 5.82 Å².